The summed E-state index contributed by atoms with van der Waals surface area (Å²) in [5, 5.41) is 4.46. The van der Waals surface area contributed by atoms with Crippen LogP contribution in [-0.2, 0) is 4.79 Å². The maximum absolute atomic E-state index is 13.8. The van der Waals surface area contributed by atoms with Crippen LogP contribution in [0.5, 0.6) is 0 Å². The molecule has 32 heavy (non-hydrogen) atoms. The molecule has 5 rings (SSSR count). The second-order valence-corrected chi connectivity index (χ2v) is 9.68. The number of carbonyl (C=O) groups excluding carboxylic acids is 1. The summed E-state index contributed by atoms with van der Waals surface area (Å²) in [7, 11) is 2.08. The molecule has 2 heterocycles. The Labute approximate surface area is 192 Å². The molecule has 7 heteroatoms. The van der Waals surface area contributed by atoms with Crippen LogP contribution in [0.25, 0.3) is 10.9 Å². The van der Waals surface area contributed by atoms with Gasteiger partial charge in [0.05, 0.1) is 11.6 Å². The third-order valence-corrected chi connectivity index (χ3v) is 7.31. The highest BCUT2D eigenvalue weighted by atomic mass is 35.5. The Morgan fingerprint density at radius 2 is 1.94 bits per heavy atom. The Kier molecular flexibility index (Phi) is 5.30. The van der Waals surface area contributed by atoms with Gasteiger partial charge in [-0.25, -0.2) is 4.39 Å². The van der Waals surface area contributed by atoms with Gasteiger partial charge in [0.15, 0.2) is 0 Å². The molecule has 166 valence electrons. The number of anilines is 2. The van der Waals surface area contributed by atoms with E-state index in [1.807, 2.05) is 25.1 Å². The van der Waals surface area contributed by atoms with Crippen LogP contribution in [0.4, 0.5) is 15.8 Å². The number of nitrogens with one attached hydrogen (secondary N) is 1. The molecule has 3 aromatic rings. The Morgan fingerprint density at radius 3 is 2.66 bits per heavy atom. The van der Waals surface area contributed by atoms with Gasteiger partial charge in [-0.05, 0) is 73.7 Å². The normalized spacial score (nSPS) is 18.8. The number of amides is 1. The first-order valence-electron chi connectivity index (χ1n) is 10.9. The number of carbonyl (C=O) groups is 1. The van der Waals surface area contributed by atoms with Crippen molar-refractivity contribution in [2.24, 2.45) is 5.41 Å². The Bertz CT molecular complexity index is 1150. The lowest BCUT2D eigenvalue weighted by molar-refractivity contribution is -0.133. The van der Waals surface area contributed by atoms with E-state index in [1.54, 1.807) is 30.5 Å². The van der Waals surface area contributed by atoms with E-state index in [0.29, 0.717) is 11.1 Å². The molecule has 1 saturated carbocycles. The minimum absolute atomic E-state index is 0.000413. The molecule has 0 radical (unpaired) electrons. The van der Waals surface area contributed by atoms with Gasteiger partial charge in [0, 0.05) is 54.2 Å². The smallest absolute Gasteiger partial charge is 0.241 e. The molecule has 2 aromatic carbocycles. The monoisotopic (exact) mass is 452 g/mol. The third kappa shape index (κ3) is 3.82. The summed E-state index contributed by atoms with van der Waals surface area (Å²) in [4.78, 5) is 21.5. The highest BCUT2D eigenvalue weighted by Crippen LogP contribution is 2.51. The third-order valence-electron chi connectivity index (χ3n) is 7.06. The second-order valence-electron chi connectivity index (χ2n) is 9.24. The highest BCUT2D eigenvalue weighted by Gasteiger charge is 2.54. The number of halogens is 2. The maximum atomic E-state index is 13.8. The Morgan fingerprint density at radius 1 is 1.22 bits per heavy atom. The first-order chi connectivity index (χ1) is 15.3. The van der Waals surface area contributed by atoms with E-state index in [0.717, 1.165) is 48.2 Å². The van der Waals surface area contributed by atoms with Gasteiger partial charge in [-0.15, -0.1) is 0 Å². The van der Waals surface area contributed by atoms with Crippen molar-refractivity contribution in [1.29, 1.82) is 0 Å². The number of rotatable bonds is 5. The van der Waals surface area contributed by atoms with Crippen LogP contribution in [0, 0.1) is 11.2 Å². The summed E-state index contributed by atoms with van der Waals surface area (Å²) in [6, 6.07) is 14.1. The number of nitrogens with zero attached hydrogens (tertiary/aromatic N) is 3. The van der Waals surface area contributed by atoms with Crippen LogP contribution in [0.2, 0.25) is 5.02 Å². The van der Waals surface area contributed by atoms with E-state index in [1.165, 1.54) is 6.07 Å². The summed E-state index contributed by atoms with van der Waals surface area (Å²) >= 11 is 5.91. The number of pyridine rings is 1. The van der Waals surface area contributed by atoms with Crippen LogP contribution < -0.4 is 10.2 Å². The van der Waals surface area contributed by atoms with Crippen molar-refractivity contribution < 1.29 is 9.18 Å². The number of hydrogen-bond donors (Lipinski definition) is 1. The molecule has 0 bridgehead atoms. The number of fused-ring (bicyclic) bond motifs is 1. The summed E-state index contributed by atoms with van der Waals surface area (Å²) in [6.07, 6.45) is 3.93. The molecule has 1 aromatic heterocycles. The predicted molar refractivity (Wildman–Crippen MR) is 127 cm³/mol. The molecule has 2 aliphatic rings. The van der Waals surface area contributed by atoms with Crippen LogP contribution in [0.1, 0.15) is 19.8 Å². The molecular formula is C25H26ClFN4O. The fourth-order valence-electron chi connectivity index (χ4n) is 5.12. The quantitative estimate of drug-likeness (QED) is 0.594. The van der Waals surface area contributed by atoms with E-state index in [4.69, 9.17) is 11.6 Å². The minimum atomic E-state index is -0.245. The lowest BCUT2D eigenvalue weighted by Gasteiger charge is -2.62. The molecule has 5 nitrogen and oxygen atoms in total. The number of hydrogen-bond acceptors (Lipinski definition) is 4. The second kappa shape index (κ2) is 8.01. The molecule has 1 N–H and O–H groups in total. The number of aromatic nitrogens is 1. The predicted octanol–water partition coefficient (Wildman–Crippen LogP) is 4.96. The number of benzene rings is 2. The van der Waals surface area contributed by atoms with Crippen molar-refractivity contribution in [3.05, 3.63) is 65.6 Å². The topological polar surface area (TPSA) is 48.5 Å². The summed E-state index contributed by atoms with van der Waals surface area (Å²) in [6.45, 7) is 3.81. The SMILES string of the molecule is CC(C(=O)Nc1ccc(Cl)cc1)N1CC2(CC(N(C)c3ccnc4ccc(F)cc34)C2)C1. The fourth-order valence-corrected chi connectivity index (χ4v) is 5.24. The summed E-state index contributed by atoms with van der Waals surface area (Å²) in [5.41, 5.74) is 2.86. The largest absolute Gasteiger partial charge is 0.371 e. The van der Waals surface area contributed by atoms with E-state index >= 15 is 0 Å². The molecule has 1 unspecified atom stereocenters. The van der Waals surface area contributed by atoms with E-state index in [2.05, 4.69) is 27.1 Å². The van der Waals surface area contributed by atoms with Gasteiger partial charge in [0.25, 0.3) is 0 Å². The average molecular weight is 453 g/mol. The molecule has 1 aliphatic carbocycles. The maximum Gasteiger partial charge on any atom is 0.241 e. The molecule has 1 saturated heterocycles. The molecular weight excluding hydrogens is 427 g/mol. The van der Waals surface area contributed by atoms with Gasteiger partial charge < -0.3 is 10.2 Å². The summed E-state index contributed by atoms with van der Waals surface area (Å²) in [5.74, 6) is -0.244. The van der Waals surface area contributed by atoms with Gasteiger partial charge in [0.1, 0.15) is 5.82 Å². The van der Waals surface area contributed by atoms with Gasteiger partial charge in [-0.3, -0.25) is 14.7 Å². The van der Waals surface area contributed by atoms with Gasteiger partial charge in [-0.2, -0.15) is 0 Å². The molecule has 1 spiro atoms. The van der Waals surface area contributed by atoms with Gasteiger partial charge in [-0.1, -0.05) is 11.6 Å². The van der Waals surface area contributed by atoms with Crippen LogP contribution in [-0.4, -0.2) is 48.0 Å². The van der Waals surface area contributed by atoms with Gasteiger partial charge in [0.2, 0.25) is 5.91 Å². The fraction of sp³-hybridized carbons (Fsp3) is 0.360. The average Bonchev–Trinajstić information content (AvgIpc) is 2.72. The van der Waals surface area contributed by atoms with Crippen molar-refractivity contribution >= 4 is 39.8 Å². The molecule has 2 fully saturated rings. The van der Waals surface area contributed by atoms with E-state index in [-0.39, 0.29) is 23.2 Å². The standard InChI is InChI=1S/C25H26ClFN4O/c1-16(24(32)29-19-6-3-17(26)4-7-19)31-14-25(15-31)12-20(13-25)30(2)23-9-10-28-22-8-5-18(27)11-21(22)23/h3-11,16,20H,12-15H2,1-2H3,(H,29,32). The first-order valence-corrected chi connectivity index (χ1v) is 11.3. The zero-order valence-electron chi connectivity index (χ0n) is 18.2. The van der Waals surface area contributed by atoms with Crippen LogP contribution in [0.15, 0.2) is 54.7 Å². The lowest BCUT2D eigenvalue weighted by atomic mass is 9.60. The first kappa shape index (κ1) is 21.2. The Balaban J connectivity index is 1.17. The Hall–Kier alpha value is -2.70. The highest BCUT2D eigenvalue weighted by molar-refractivity contribution is 6.30. The molecule has 1 aliphatic heterocycles. The molecule has 1 atom stereocenters. The van der Waals surface area contributed by atoms with Crippen LogP contribution in [0.3, 0.4) is 0 Å². The number of likely N-dealkylation sites (tertiary alicyclic amines) is 1. The molecule has 1 amide bonds. The lowest BCUT2D eigenvalue weighted by Crippen LogP contribution is -2.69. The van der Waals surface area contributed by atoms with Crippen molar-refractivity contribution in [1.82, 2.24) is 9.88 Å². The van der Waals surface area contributed by atoms with Crippen molar-refractivity contribution in [2.45, 2.75) is 31.8 Å². The minimum Gasteiger partial charge on any atom is -0.371 e. The van der Waals surface area contributed by atoms with E-state index in [9.17, 15) is 9.18 Å². The van der Waals surface area contributed by atoms with E-state index < -0.39 is 0 Å². The van der Waals surface area contributed by atoms with Crippen molar-refractivity contribution in [3.8, 4) is 0 Å². The zero-order chi connectivity index (χ0) is 22.5. The van der Waals surface area contributed by atoms with Gasteiger partial charge >= 0.3 is 0 Å². The van der Waals surface area contributed by atoms with Crippen molar-refractivity contribution in [2.75, 3.05) is 30.4 Å². The van der Waals surface area contributed by atoms with Crippen molar-refractivity contribution in [3.63, 3.8) is 0 Å². The zero-order valence-corrected chi connectivity index (χ0v) is 18.9. The summed E-state index contributed by atoms with van der Waals surface area (Å²) < 4.78 is 13.8. The van der Waals surface area contributed by atoms with Crippen LogP contribution >= 0.6 is 11.6 Å².